The van der Waals surface area contributed by atoms with Crippen LogP contribution in [0.1, 0.15) is 46.0 Å². The molecular formula is C13H26N2. The van der Waals surface area contributed by atoms with Gasteiger partial charge in [0, 0.05) is 12.6 Å². The summed E-state index contributed by atoms with van der Waals surface area (Å²) in [5, 5.41) is 3.53. The van der Waals surface area contributed by atoms with Crippen molar-refractivity contribution in [2.24, 2.45) is 5.41 Å². The van der Waals surface area contributed by atoms with Crippen LogP contribution in [0.25, 0.3) is 0 Å². The molecule has 2 heterocycles. The number of piperidine rings is 2. The Morgan fingerprint density at radius 2 is 2.07 bits per heavy atom. The zero-order valence-electron chi connectivity index (χ0n) is 10.4. The van der Waals surface area contributed by atoms with Gasteiger partial charge in [-0.15, -0.1) is 0 Å². The monoisotopic (exact) mass is 210 g/mol. The summed E-state index contributed by atoms with van der Waals surface area (Å²) in [5.41, 5.74) is 0.637. The van der Waals surface area contributed by atoms with Crippen molar-refractivity contribution in [1.82, 2.24) is 10.2 Å². The third-order valence-electron chi connectivity index (χ3n) is 4.65. The Bertz CT molecular complexity index is 189. The summed E-state index contributed by atoms with van der Waals surface area (Å²) in [7, 11) is 0. The minimum absolute atomic E-state index is 0.637. The molecule has 0 aromatic rings. The fraction of sp³-hybridized carbons (Fsp3) is 1.00. The van der Waals surface area contributed by atoms with Crippen LogP contribution in [-0.4, -0.2) is 37.1 Å². The van der Waals surface area contributed by atoms with Crippen molar-refractivity contribution in [2.75, 3.05) is 26.2 Å². The van der Waals surface area contributed by atoms with Crippen molar-refractivity contribution < 1.29 is 0 Å². The second-order valence-electron chi connectivity index (χ2n) is 5.70. The van der Waals surface area contributed by atoms with Gasteiger partial charge in [0.1, 0.15) is 0 Å². The second kappa shape index (κ2) is 4.84. The standard InChI is InChI=1S/C13H26N2/c1-3-13(2)6-9-15(10-7-13)12-5-4-8-14-11-12/h12,14H,3-11H2,1-2H3. The smallest absolute Gasteiger partial charge is 0.0221 e. The molecule has 88 valence electrons. The molecule has 2 nitrogen and oxygen atoms in total. The molecule has 0 spiro atoms. The molecule has 2 aliphatic heterocycles. The molecule has 0 radical (unpaired) electrons. The van der Waals surface area contributed by atoms with Crippen LogP contribution in [0, 0.1) is 5.41 Å². The molecule has 1 atom stereocenters. The highest BCUT2D eigenvalue weighted by atomic mass is 15.2. The molecular weight excluding hydrogens is 184 g/mol. The molecule has 1 N–H and O–H groups in total. The maximum absolute atomic E-state index is 3.53. The van der Waals surface area contributed by atoms with E-state index in [0.717, 1.165) is 6.04 Å². The lowest BCUT2D eigenvalue weighted by Crippen LogP contribution is -2.50. The van der Waals surface area contributed by atoms with Crippen LogP contribution in [0.5, 0.6) is 0 Å². The van der Waals surface area contributed by atoms with E-state index in [4.69, 9.17) is 0 Å². The Labute approximate surface area is 94.4 Å². The first-order valence-electron chi connectivity index (χ1n) is 6.68. The predicted octanol–water partition coefficient (Wildman–Crippen LogP) is 2.25. The molecule has 1 unspecified atom stereocenters. The lowest BCUT2D eigenvalue weighted by Gasteiger charge is -2.43. The molecule has 15 heavy (non-hydrogen) atoms. The molecule has 2 heteroatoms. The van der Waals surface area contributed by atoms with Crippen molar-refractivity contribution in [2.45, 2.75) is 52.0 Å². The van der Waals surface area contributed by atoms with Crippen LogP contribution < -0.4 is 5.32 Å². The molecule has 0 aromatic carbocycles. The summed E-state index contributed by atoms with van der Waals surface area (Å²) in [6.07, 6.45) is 6.94. The first kappa shape index (κ1) is 11.4. The van der Waals surface area contributed by atoms with E-state index < -0.39 is 0 Å². The van der Waals surface area contributed by atoms with Crippen molar-refractivity contribution in [3.63, 3.8) is 0 Å². The van der Waals surface area contributed by atoms with Crippen molar-refractivity contribution in [1.29, 1.82) is 0 Å². The van der Waals surface area contributed by atoms with Crippen molar-refractivity contribution in [3.05, 3.63) is 0 Å². The fourth-order valence-corrected chi connectivity index (χ4v) is 2.93. The van der Waals surface area contributed by atoms with Gasteiger partial charge in [-0.05, 0) is 50.7 Å². The number of rotatable bonds is 2. The largest absolute Gasteiger partial charge is 0.315 e. The number of likely N-dealkylation sites (tertiary alicyclic amines) is 1. The number of hydrogen-bond donors (Lipinski definition) is 1. The van der Waals surface area contributed by atoms with Gasteiger partial charge in [0.2, 0.25) is 0 Å². The van der Waals surface area contributed by atoms with Crippen LogP contribution in [-0.2, 0) is 0 Å². The molecule has 2 saturated heterocycles. The highest BCUT2D eigenvalue weighted by molar-refractivity contribution is 4.86. The Balaban J connectivity index is 1.82. The van der Waals surface area contributed by atoms with Gasteiger partial charge in [-0.3, -0.25) is 4.90 Å². The van der Waals surface area contributed by atoms with Crippen LogP contribution in [0.4, 0.5) is 0 Å². The van der Waals surface area contributed by atoms with E-state index in [0.29, 0.717) is 5.41 Å². The van der Waals surface area contributed by atoms with E-state index in [1.807, 2.05) is 0 Å². The van der Waals surface area contributed by atoms with Gasteiger partial charge in [0.15, 0.2) is 0 Å². The van der Waals surface area contributed by atoms with Gasteiger partial charge in [-0.1, -0.05) is 20.3 Å². The number of nitrogens with zero attached hydrogens (tertiary/aromatic N) is 1. The van der Waals surface area contributed by atoms with E-state index in [1.165, 1.54) is 58.3 Å². The van der Waals surface area contributed by atoms with Crippen molar-refractivity contribution >= 4 is 0 Å². The predicted molar refractivity (Wildman–Crippen MR) is 65.1 cm³/mol. The highest BCUT2D eigenvalue weighted by Crippen LogP contribution is 2.34. The summed E-state index contributed by atoms with van der Waals surface area (Å²) in [6, 6.07) is 0.833. The lowest BCUT2D eigenvalue weighted by molar-refractivity contribution is 0.0705. The second-order valence-corrected chi connectivity index (χ2v) is 5.70. The van der Waals surface area contributed by atoms with E-state index in [2.05, 4.69) is 24.1 Å². The van der Waals surface area contributed by atoms with E-state index in [9.17, 15) is 0 Å². The Hall–Kier alpha value is -0.0800. The van der Waals surface area contributed by atoms with Gasteiger partial charge in [0.25, 0.3) is 0 Å². The normalized spacial score (nSPS) is 32.8. The maximum Gasteiger partial charge on any atom is 0.0221 e. The topological polar surface area (TPSA) is 15.3 Å². The molecule has 2 fully saturated rings. The van der Waals surface area contributed by atoms with Crippen LogP contribution >= 0.6 is 0 Å². The average Bonchev–Trinajstić information content (AvgIpc) is 2.31. The fourth-order valence-electron chi connectivity index (χ4n) is 2.93. The van der Waals surface area contributed by atoms with Crippen LogP contribution in [0.3, 0.4) is 0 Å². The minimum atomic E-state index is 0.637. The molecule has 0 bridgehead atoms. The van der Waals surface area contributed by atoms with Crippen LogP contribution in [0.2, 0.25) is 0 Å². The third kappa shape index (κ3) is 2.73. The van der Waals surface area contributed by atoms with E-state index in [-0.39, 0.29) is 0 Å². The summed E-state index contributed by atoms with van der Waals surface area (Å²) >= 11 is 0. The zero-order chi connectivity index (χ0) is 10.7. The Morgan fingerprint density at radius 3 is 2.60 bits per heavy atom. The Kier molecular flexibility index (Phi) is 3.68. The SMILES string of the molecule is CCC1(C)CCN(C2CCCNC2)CC1. The highest BCUT2D eigenvalue weighted by Gasteiger charge is 2.31. The lowest BCUT2D eigenvalue weighted by atomic mass is 9.78. The van der Waals surface area contributed by atoms with Gasteiger partial charge in [-0.2, -0.15) is 0 Å². The maximum atomic E-state index is 3.53. The third-order valence-corrected chi connectivity index (χ3v) is 4.65. The summed E-state index contributed by atoms with van der Waals surface area (Å²) in [5.74, 6) is 0. The Morgan fingerprint density at radius 1 is 1.33 bits per heavy atom. The molecule has 2 aliphatic rings. The number of nitrogens with one attached hydrogen (secondary N) is 1. The van der Waals surface area contributed by atoms with Gasteiger partial charge < -0.3 is 5.32 Å². The van der Waals surface area contributed by atoms with Crippen LogP contribution in [0.15, 0.2) is 0 Å². The summed E-state index contributed by atoms with van der Waals surface area (Å²) in [4.78, 5) is 2.73. The van der Waals surface area contributed by atoms with Gasteiger partial charge in [-0.25, -0.2) is 0 Å². The summed E-state index contributed by atoms with van der Waals surface area (Å²) in [6.45, 7) is 9.93. The quantitative estimate of drug-likeness (QED) is 0.752. The van der Waals surface area contributed by atoms with E-state index in [1.54, 1.807) is 0 Å². The zero-order valence-corrected chi connectivity index (χ0v) is 10.4. The summed E-state index contributed by atoms with van der Waals surface area (Å²) < 4.78 is 0. The van der Waals surface area contributed by atoms with E-state index >= 15 is 0 Å². The molecule has 0 amide bonds. The van der Waals surface area contributed by atoms with Gasteiger partial charge in [0.05, 0.1) is 0 Å². The first-order chi connectivity index (χ1) is 7.23. The average molecular weight is 210 g/mol. The molecule has 2 rings (SSSR count). The molecule has 0 aromatic heterocycles. The molecule has 0 saturated carbocycles. The first-order valence-corrected chi connectivity index (χ1v) is 6.68. The number of hydrogen-bond acceptors (Lipinski definition) is 2. The van der Waals surface area contributed by atoms with Crippen molar-refractivity contribution in [3.8, 4) is 0 Å². The molecule has 0 aliphatic carbocycles. The van der Waals surface area contributed by atoms with Gasteiger partial charge >= 0.3 is 0 Å². The minimum Gasteiger partial charge on any atom is -0.315 e.